The fraction of sp³-hybridized carbons (Fsp3) is 0.160. The number of hydrogen-bond acceptors (Lipinski definition) is 5. The van der Waals surface area contributed by atoms with Crippen LogP contribution in [0.5, 0.6) is 23.3 Å². The molecule has 31 heavy (non-hydrogen) atoms. The second kappa shape index (κ2) is 9.26. The molecule has 1 N–H and O–H groups in total. The van der Waals surface area contributed by atoms with E-state index in [9.17, 15) is 4.79 Å². The topological polar surface area (TPSA) is 73.3 Å². The first-order valence-corrected chi connectivity index (χ1v) is 10.1. The van der Waals surface area contributed by atoms with Crippen LogP contribution in [0.4, 0.5) is 0 Å². The van der Waals surface area contributed by atoms with Gasteiger partial charge in [-0.25, -0.2) is 9.97 Å². The van der Waals surface area contributed by atoms with Crippen LogP contribution < -0.4 is 14.8 Å². The zero-order valence-electron chi connectivity index (χ0n) is 17.5. The first kappa shape index (κ1) is 20.3. The van der Waals surface area contributed by atoms with Crippen molar-refractivity contribution in [1.29, 1.82) is 0 Å². The highest BCUT2D eigenvalue weighted by atomic mass is 16.5. The largest absolute Gasteiger partial charge is 0.439 e. The maximum atomic E-state index is 11.0. The Balaban J connectivity index is 1.45. The number of hydrogen-bond donors (Lipinski definition) is 1. The Bertz CT molecular complexity index is 1210. The van der Waals surface area contributed by atoms with Crippen LogP contribution in [0, 0.1) is 6.92 Å². The predicted octanol–water partition coefficient (Wildman–Crippen LogP) is 5.20. The number of amides is 1. The molecule has 0 bridgehead atoms. The second-order valence-corrected chi connectivity index (χ2v) is 7.21. The smallest absolute Gasteiger partial charge is 0.219 e. The highest BCUT2D eigenvalue weighted by Crippen LogP contribution is 2.30. The molecule has 1 amide bonds. The fourth-order valence-corrected chi connectivity index (χ4v) is 3.19. The van der Waals surface area contributed by atoms with E-state index < -0.39 is 0 Å². The van der Waals surface area contributed by atoms with Crippen molar-refractivity contribution in [3.63, 3.8) is 0 Å². The number of carbonyl (C=O) groups excluding carboxylic acids is 1. The quantitative estimate of drug-likeness (QED) is 0.451. The number of aryl methyl sites for hydroxylation is 1. The number of ether oxygens (including phenoxy) is 2. The van der Waals surface area contributed by atoms with Crippen LogP contribution >= 0.6 is 0 Å². The number of aromatic nitrogens is 2. The van der Waals surface area contributed by atoms with E-state index in [-0.39, 0.29) is 5.91 Å². The van der Waals surface area contributed by atoms with Crippen LogP contribution in [0.2, 0.25) is 0 Å². The first-order chi connectivity index (χ1) is 15.1. The van der Waals surface area contributed by atoms with Gasteiger partial charge >= 0.3 is 0 Å². The third-order valence-electron chi connectivity index (χ3n) is 4.74. The molecule has 0 aliphatic heterocycles. The Kier molecular flexibility index (Phi) is 6.08. The van der Waals surface area contributed by atoms with Crippen molar-refractivity contribution in [3.05, 3.63) is 84.1 Å². The summed E-state index contributed by atoms with van der Waals surface area (Å²) < 4.78 is 11.8. The first-order valence-electron chi connectivity index (χ1n) is 10.1. The van der Waals surface area contributed by atoms with Crippen LogP contribution in [0.3, 0.4) is 0 Å². The molecule has 0 radical (unpaired) electrons. The lowest BCUT2D eigenvalue weighted by atomic mass is 10.1. The van der Waals surface area contributed by atoms with E-state index in [1.807, 2.05) is 67.6 Å². The molecule has 2 aromatic heterocycles. The van der Waals surface area contributed by atoms with Gasteiger partial charge in [-0.3, -0.25) is 4.79 Å². The Morgan fingerprint density at radius 3 is 2.65 bits per heavy atom. The molecule has 0 saturated heterocycles. The van der Waals surface area contributed by atoms with Crippen molar-refractivity contribution in [2.75, 3.05) is 6.54 Å². The fourth-order valence-electron chi connectivity index (χ4n) is 3.19. The molecule has 4 rings (SSSR count). The molecule has 6 nitrogen and oxygen atoms in total. The molecule has 0 spiro atoms. The molecule has 0 unspecified atom stereocenters. The van der Waals surface area contributed by atoms with Gasteiger partial charge in [0, 0.05) is 37.2 Å². The average molecular weight is 413 g/mol. The standard InChI is InChI=1S/C25H23N3O3/c1-17-15-21(8-10-23(17)31-24-5-3-4-13-27-24)30-25-11-7-20-16-19(6-9-22(20)28-25)12-14-26-18(2)29/h3-11,13,15-16H,12,14H2,1-2H3,(H,26,29). The van der Waals surface area contributed by atoms with Gasteiger partial charge in [0.1, 0.15) is 11.5 Å². The molecule has 6 heteroatoms. The summed E-state index contributed by atoms with van der Waals surface area (Å²) in [4.78, 5) is 19.8. The van der Waals surface area contributed by atoms with Crippen LogP contribution in [0.15, 0.2) is 72.9 Å². The molecule has 0 aliphatic rings. The van der Waals surface area contributed by atoms with Crippen LogP contribution in [-0.2, 0) is 11.2 Å². The minimum absolute atomic E-state index is 0.0178. The number of rotatable bonds is 7. The number of fused-ring (bicyclic) bond motifs is 1. The minimum Gasteiger partial charge on any atom is -0.439 e. The Morgan fingerprint density at radius 2 is 1.87 bits per heavy atom. The lowest BCUT2D eigenvalue weighted by Gasteiger charge is -2.11. The van der Waals surface area contributed by atoms with Crippen molar-refractivity contribution in [3.8, 4) is 23.3 Å². The van der Waals surface area contributed by atoms with Crippen molar-refractivity contribution in [2.45, 2.75) is 20.3 Å². The van der Waals surface area contributed by atoms with Gasteiger partial charge in [0.25, 0.3) is 0 Å². The molecular weight excluding hydrogens is 390 g/mol. The van der Waals surface area contributed by atoms with Gasteiger partial charge in [-0.1, -0.05) is 12.1 Å². The molecule has 0 atom stereocenters. The molecular formula is C25H23N3O3. The SMILES string of the molecule is CC(=O)NCCc1ccc2nc(Oc3ccc(Oc4ccccn4)c(C)c3)ccc2c1. The van der Waals surface area contributed by atoms with Crippen molar-refractivity contribution >= 4 is 16.8 Å². The normalized spacial score (nSPS) is 10.6. The van der Waals surface area contributed by atoms with Gasteiger partial charge in [0.05, 0.1) is 5.52 Å². The number of benzene rings is 2. The van der Waals surface area contributed by atoms with E-state index in [1.165, 1.54) is 6.92 Å². The number of nitrogens with zero attached hydrogens (tertiary/aromatic N) is 2. The Labute approximate surface area is 180 Å². The Morgan fingerprint density at radius 1 is 0.968 bits per heavy atom. The van der Waals surface area contributed by atoms with Gasteiger partial charge in [-0.15, -0.1) is 0 Å². The third kappa shape index (κ3) is 5.36. The maximum Gasteiger partial charge on any atom is 0.219 e. The van der Waals surface area contributed by atoms with Gasteiger partial charge in [0.15, 0.2) is 0 Å². The second-order valence-electron chi connectivity index (χ2n) is 7.21. The molecule has 0 fully saturated rings. The van der Waals surface area contributed by atoms with E-state index in [4.69, 9.17) is 9.47 Å². The van der Waals surface area contributed by atoms with E-state index in [0.29, 0.717) is 24.1 Å². The zero-order chi connectivity index (χ0) is 21.6. The predicted molar refractivity (Wildman–Crippen MR) is 120 cm³/mol. The summed E-state index contributed by atoms with van der Waals surface area (Å²) in [6, 6.07) is 21.1. The summed E-state index contributed by atoms with van der Waals surface area (Å²) in [5.41, 5.74) is 2.94. The zero-order valence-corrected chi connectivity index (χ0v) is 17.5. The lowest BCUT2D eigenvalue weighted by molar-refractivity contribution is -0.118. The lowest BCUT2D eigenvalue weighted by Crippen LogP contribution is -2.22. The number of nitrogens with one attached hydrogen (secondary N) is 1. The summed E-state index contributed by atoms with van der Waals surface area (Å²) in [6.07, 6.45) is 2.47. The third-order valence-corrected chi connectivity index (χ3v) is 4.74. The van der Waals surface area contributed by atoms with Gasteiger partial charge in [-0.05, 0) is 66.9 Å². The Hall–Kier alpha value is -3.93. The van der Waals surface area contributed by atoms with Crippen LogP contribution in [0.1, 0.15) is 18.1 Å². The highest BCUT2D eigenvalue weighted by molar-refractivity contribution is 5.80. The summed E-state index contributed by atoms with van der Waals surface area (Å²) in [5, 5.41) is 3.84. The van der Waals surface area contributed by atoms with Crippen LogP contribution in [0.25, 0.3) is 10.9 Å². The summed E-state index contributed by atoms with van der Waals surface area (Å²) in [6.45, 7) is 4.10. The molecule has 0 saturated carbocycles. The summed E-state index contributed by atoms with van der Waals surface area (Å²) >= 11 is 0. The number of carbonyl (C=O) groups is 1. The van der Waals surface area contributed by atoms with Crippen molar-refractivity contribution < 1.29 is 14.3 Å². The molecule has 2 aromatic carbocycles. The van der Waals surface area contributed by atoms with E-state index in [0.717, 1.165) is 34.2 Å². The monoisotopic (exact) mass is 413 g/mol. The number of pyridine rings is 2. The van der Waals surface area contributed by atoms with Crippen molar-refractivity contribution in [2.24, 2.45) is 0 Å². The molecule has 0 aliphatic carbocycles. The van der Waals surface area contributed by atoms with Gasteiger partial charge < -0.3 is 14.8 Å². The van der Waals surface area contributed by atoms with Crippen molar-refractivity contribution in [1.82, 2.24) is 15.3 Å². The maximum absolute atomic E-state index is 11.0. The minimum atomic E-state index is -0.0178. The molecule has 156 valence electrons. The molecule has 4 aromatic rings. The summed E-state index contributed by atoms with van der Waals surface area (Å²) in [5.74, 6) is 2.47. The highest BCUT2D eigenvalue weighted by Gasteiger charge is 2.07. The van der Waals surface area contributed by atoms with E-state index >= 15 is 0 Å². The average Bonchev–Trinajstić information content (AvgIpc) is 2.76. The van der Waals surface area contributed by atoms with E-state index in [2.05, 4.69) is 21.4 Å². The molecule has 2 heterocycles. The van der Waals surface area contributed by atoms with Crippen LogP contribution in [-0.4, -0.2) is 22.4 Å². The van der Waals surface area contributed by atoms with E-state index in [1.54, 1.807) is 6.20 Å². The summed E-state index contributed by atoms with van der Waals surface area (Å²) in [7, 11) is 0. The van der Waals surface area contributed by atoms with Gasteiger partial charge in [0.2, 0.25) is 17.7 Å². The van der Waals surface area contributed by atoms with Gasteiger partial charge in [-0.2, -0.15) is 0 Å².